The molecule has 0 amide bonds. The third kappa shape index (κ3) is 2.86. The van der Waals surface area contributed by atoms with E-state index >= 15 is 0 Å². The van der Waals surface area contributed by atoms with Gasteiger partial charge in [-0.05, 0) is 28.5 Å². The first kappa shape index (κ1) is 14.0. The number of nitrogens with one attached hydrogen (secondary N) is 1. The Bertz CT molecular complexity index is 913. The van der Waals surface area contributed by atoms with E-state index in [1.54, 1.807) is 0 Å². The van der Waals surface area contributed by atoms with Crippen LogP contribution in [0.4, 0.5) is 0 Å². The summed E-state index contributed by atoms with van der Waals surface area (Å²) in [6, 6.07) is 24.7. The first-order valence-electron chi connectivity index (χ1n) is 7.55. The lowest BCUT2D eigenvalue weighted by Gasteiger charge is -2.20. The van der Waals surface area contributed by atoms with E-state index in [9.17, 15) is 0 Å². The largest absolute Gasteiger partial charge is 0.350 e. The summed E-state index contributed by atoms with van der Waals surface area (Å²) in [6.45, 7) is 0. The lowest BCUT2D eigenvalue weighted by Crippen LogP contribution is -2.33. The highest BCUT2D eigenvalue weighted by Gasteiger charge is 2.16. The molecule has 4 rings (SSSR count). The van der Waals surface area contributed by atoms with Crippen LogP contribution in [0.25, 0.3) is 16.5 Å². The minimum absolute atomic E-state index is 0.274. The summed E-state index contributed by atoms with van der Waals surface area (Å²) in [7, 11) is 0. The van der Waals surface area contributed by atoms with Crippen LogP contribution in [0.5, 0.6) is 0 Å². The van der Waals surface area contributed by atoms with Gasteiger partial charge in [-0.2, -0.15) is 0 Å². The summed E-state index contributed by atoms with van der Waals surface area (Å²) in [5.41, 5.74) is 2.73. The number of amidine groups is 1. The molecule has 3 aromatic carbocycles. The summed E-state index contributed by atoms with van der Waals surface area (Å²) in [5, 5.41) is 5.64. The Balaban J connectivity index is 1.77. The summed E-state index contributed by atoms with van der Waals surface area (Å²) < 4.78 is 0. The van der Waals surface area contributed by atoms with Crippen molar-refractivity contribution in [2.75, 3.05) is 0 Å². The molecule has 0 aromatic heterocycles. The highest BCUT2D eigenvalue weighted by atomic mass is 35.5. The van der Waals surface area contributed by atoms with Gasteiger partial charge < -0.3 is 5.32 Å². The van der Waals surface area contributed by atoms with E-state index in [4.69, 9.17) is 16.6 Å². The maximum atomic E-state index is 6.36. The predicted octanol–water partition coefficient (Wildman–Crippen LogP) is 4.80. The minimum atomic E-state index is -0.274. The summed E-state index contributed by atoms with van der Waals surface area (Å²) in [5.74, 6) is 0.803. The van der Waals surface area contributed by atoms with Crippen molar-refractivity contribution >= 4 is 33.9 Å². The van der Waals surface area contributed by atoms with Crippen LogP contribution in [0.15, 0.2) is 83.9 Å². The summed E-state index contributed by atoms with van der Waals surface area (Å²) in [6.07, 6.45) is 1.93. The van der Waals surface area contributed by atoms with E-state index in [0.717, 1.165) is 22.7 Å². The maximum absolute atomic E-state index is 6.36. The van der Waals surface area contributed by atoms with Gasteiger partial charge in [-0.3, -0.25) is 0 Å². The van der Waals surface area contributed by atoms with Crippen LogP contribution in [0, 0.1) is 0 Å². The lowest BCUT2D eigenvalue weighted by molar-refractivity contribution is 0.946. The number of hydrogen-bond acceptors (Lipinski definition) is 2. The number of alkyl halides is 1. The van der Waals surface area contributed by atoms with E-state index in [0.29, 0.717) is 0 Å². The second-order valence-corrected chi connectivity index (χ2v) is 5.96. The van der Waals surface area contributed by atoms with Crippen LogP contribution in [0.2, 0.25) is 0 Å². The molecular weight excluding hydrogens is 304 g/mol. The van der Waals surface area contributed by atoms with Gasteiger partial charge in [0, 0.05) is 5.56 Å². The van der Waals surface area contributed by atoms with Crippen LogP contribution < -0.4 is 5.32 Å². The Labute approximate surface area is 140 Å². The van der Waals surface area contributed by atoms with E-state index < -0.39 is 0 Å². The zero-order valence-corrected chi connectivity index (χ0v) is 13.2. The average molecular weight is 319 g/mol. The Hall–Kier alpha value is -2.58. The second-order valence-electron chi connectivity index (χ2n) is 5.49. The molecular formula is C20H15ClN2. The smallest absolute Gasteiger partial charge is 0.135 e. The highest BCUT2D eigenvalue weighted by molar-refractivity contribution is 6.24. The van der Waals surface area contributed by atoms with Crippen LogP contribution in [-0.4, -0.2) is 11.3 Å². The Kier molecular flexibility index (Phi) is 3.60. The fourth-order valence-corrected chi connectivity index (χ4v) is 2.98. The van der Waals surface area contributed by atoms with Gasteiger partial charge >= 0.3 is 0 Å². The molecule has 1 aliphatic rings. The topological polar surface area (TPSA) is 24.4 Å². The van der Waals surface area contributed by atoms with Gasteiger partial charge in [0.15, 0.2) is 0 Å². The number of nitrogens with zero attached hydrogens (tertiary/aromatic N) is 1. The molecule has 3 heteroatoms. The molecule has 0 fully saturated rings. The molecule has 1 atom stereocenters. The number of hydrogen-bond donors (Lipinski definition) is 1. The quantitative estimate of drug-likeness (QED) is 0.533. The van der Waals surface area contributed by atoms with E-state index in [1.165, 1.54) is 10.8 Å². The predicted molar refractivity (Wildman–Crippen MR) is 97.7 cm³/mol. The SMILES string of the molecule is ClC1C=C(c2ccccc2)N=C(c2ccc3ccccc3c2)N1. The van der Waals surface area contributed by atoms with Crippen molar-refractivity contribution in [1.82, 2.24) is 5.32 Å². The Morgan fingerprint density at radius 3 is 2.35 bits per heavy atom. The Morgan fingerprint density at radius 2 is 1.52 bits per heavy atom. The standard InChI is InChI=1S/C20H15ClN2/c21-19-13-18(15-7-2-1-3-8-15)22-20(23-19)17-11-10-14-6-4-5-9-16(14)12-17/h1-13,19H,(H,22,23). The van der Waals surface area contributed by atoms with Crippen molar-refractivity contribution in [3.63, 3.8) is 0 Å². The van der Waals surface area contributed by atoms with Crippen molar-refractivity contribution in [3.05, 3.63) is 90.0 Å². The molecule has 0 saturated carbocycles. The molecule has 1 unspecified atom stereocenters. The van der Waals surface area contributed by atoms with Crippen molar-refractivity contribution in [1.29, 1.82) is 0 Å². The summed E-state index contributed by atoms with van der Waals surface area (Å²) in [4.78, 5) is 4.76. The fraction of sp³-hybridized carbons (Fsp3) is 0.0500. The van der Waals surface area contributed by atoms with Gasteiger partial charge in [0.05, 0.1) is 5.70 Å². The van der Waals surface area contributed by atoms with Gasteiger partial charge in [0.1, 0.15) is 11.3 Å². The second kappa shape index (κ2) is 5.90. The molecule has 2 nitrogen and oxygen atoms in total. The monoisotopic (exact) mass is 318 g/mol. The lowest BCUT2D eigenvalue weighted by atomic mass is 10.1. The van der Waals surface area contributed by atoms with Crippen LogP contribution >= 0.6 is 11.6 Å². The van der Waals surface area contributed by atoms with Crippen LogP contribution in [-0.2, 0) is 0 Å². The fourth-order valence-electron chi connectivity index (χ4n) is 2.76. The molecule has 3 aromatic rings. The van der Waals surface area contributed by atoms with Crippen molar-refractivity contribution in [3.8, 4) is 0 Å². The molecule has 23 heavy (non-hydrogen) atoms. The maximum Gasteiger partial charge on any atom is 0.135 e. The van der Waals surface area contributed by atoms with Crippen LogP contribution in [0.1, 0.15) is 11.1 Å². The minimum Gasteiger partial charge on any atom is -0.350 e. The molecule has 1 heterocycles. The van der Waals surface area contributed by atoms with Gasteiger partial charge in [0.2, 0.25) is 0 Å². The first-order valence-corrected chi connectivity index (χ1v) is 7.99. The van der Waals surface area contributed by atoms with E-state index in [-0.39, 0.29) is 5.50 Å². The normalized spacial score (nSPS) is 17.3. The zero-order valence-electron chi connectivity index (χ0n) is 12.4. The van der Waals surface area contributed by atoms with Crippen molar-refractivity contribution < 1.29 is 0 Å². The molecule has 0 aliphatic carbocycles. The number of benzene rings is 3. The number of aliphatic imine (C=N–C) groups is 1. The zero-order chi connectivity index (χ0) is 15.6. The van der Waals surface area contributed by atoms with Gasteiger partial charge in [-0.1, -0.05) is 78.3 Å². The molecule has 1 aliphatic heterocycles. The van der Waals surface area contributed by atoms with Crippen molar-refractivity contribution in [2.24, 2.45) is 4.99 Å². The van der Waals surface area contributed by atoms with Crippen LogP contribution in [0.3, 0.4) is 0 Å². The molecule has 0 saturated heterocycles. The molecule has 0 bridgehead atoms. The molecule has 1 N–H and O–H groups in total. The molecule has 0 spiro atoms. The highest BCUT2D eigenvalue weighted by Crippen LogP contribution is 2.23. The molecule has 112 valence electrons. The van der Waals surface area contributed by atoms with E-state index in [2.05, 4.69) is 35.6 Å². The van der Waals surface area contributed by atoms with Crippen molar-refractivity contribution in [2.45, 2.75) is 5.50 Å². The van der Waals surface area contributed by atoms with E-state index in [1.807, 2.05) is 48.5 Å². The third-order valence-electron chi connectivity index (χ3n) is 3.90. The number of halogens is 1. The molecule has 0 radical (unpaired) electrons. The van der Waals surface area contributed by atoms with Gasteiger partial charge in [-0.25, -0.2) is 4.99 Å². The number of rotatable bonds is 2. The third-order valence-corrected chi connectivity index (χ3v) is 4.14. The number of fused-ring (bicyclic) bond motifs is 1. The first-order chi connectivity index (χ1) is 11.3. The summed E-state index contributed by atoms with van der Waals surface area (Å²) >= 11 is 6.36. The van der Waals surface area contributed by atoms with Gasteiger partial charge in [-0.15, -0.1) is 0 Å². The van der Waals surface area contributed by atoms with Gasteiger partial charge in [0.25, 0.3) is 0 Å². The average Bonchev–Trinajstić information content (AvgIpc) is 2.61. The Morgan fingerprint density at radius 1 is 0.783 bits per heavy atom.